The van der Waals surface area contributed by atoms with Crippen LogP contribution in [0.4, 0.5) is 19.0 Å². The van der Waals surface area contributed by atoms with Crippen molar-refractivity contribution in [3.63, 3.8) is 0 Å². The molecule has 0 spiro atoms. The molecule has 4 heterocycles. The molecule has 2 fully saturated rings. The number of hydrogen-bond acceptors (Lipinski definition) is 9. The van der Waals surface area contributed by atoms with Crippen molar-refractivity contribution in [2.24, 2.45) is 11.3 Å². The van der Waals surface area contributed by atoms with Crippen molar-refractivity contribution in [2.75, 3.05) is 25.0 Å². The van der Waals surface area contributed by atoms with E-state index in [4.69, 9.17) is 16.3 Å². The maximum Gasteiger partial charge on any atom is 0.394 e. The molecule has 1 atom stereocenters. The van der Waals surface area contributed by atoms with E-state index in [0.717, 1.165) is 25.8 Å². The van der Waals surface area contributed by atoms with Crippen LogP contribution in [-0.2, 0) is 10.0 Å². The van der Waals surface area contributed by atoms with Gasteiger partial charge in [0.25, 0.3) is 15.9 Å². The minimum Gasteiger partial charge on any atom is -0.477 e. The molecule has 244 valence electrons. The summed E-state index contributed by atoms with van der Waals surface area (Å²) in [5.74, 6) is 0.259. The lowest BCUT2D eigenvalue weighted by Crippen LogP contribution is -2.31. The van der Waals surface area contributed by atoms with Crippen molar-refractivity contribution in [3.05, 3.63) is 53.4 Å². The highest BCUT2D eigenvalue weighted by Crippen LogP contribution is 2.59. The number of nitrogens with zero attached hydrogens (tertiary/aromatic N) is 4. The van der Waals surface area contributed by atoms with Crippen LogP contribution in [0.25, 0.3) is 5.82 Å². The minimum atomic E-state index is -4.27. The van der Waals surface area contributed by atoms with Gasteiger partial charge >= 0.3 is 6.18 Å². The van der Waals surface area contributed by atoms with E-state index in [2.05, 4.69) is 39.5 Å². The molecule has 3 aromatic rings. The normalized spacial score (nSPS) is 18.8. The number of aromatic nitrogens is 4. The largest absolute Gasteiger partial charge is 0.477 e. The minimum absolute atomic E-state index is 0.0936. The van der Waals surface area contributed by atoms with Gasteiger partial charge in [-0.05, 0) is 83.0 Å². The topological polar surface area (TPSA) is 140 Å². The number of ether oxygens (including phenoxy) is 1. The maximum absolute atomic E-state index is 13.1. The van der Waals surface area contributed by atoms with E-state index in [9.17, 15) is 26.4 Å². The first-order chi connectivity index (χ1) is 21.2. The first kappa shape index (κ1) is 32.9. The number of sulfonamides is 1. The summed E-state index contributed by atoms with van der Waals surface area (Å²) in [7, 11) is -4.27. The second-order valence-corrected chi connectivity index (χ2v) is 14.2. The van der Waals surface area contributed by atoms with Crippen LogP contribution >= 0.6 is 11.6 Å². The van der Waals surface area contributed by atoms with Gasteiger partial charge in [0.15, 0.2) is 5.82 Å². The molecular weight excluding hydrogens is 635 g/mol. The Morgan fingerprint density at radius 1 is 1.22 bits per heavy atom. The second-order valence-electron chi connectivity index (χ2n) is 12.2. The van der Waals surface area contributed by atoms with E-state index < -0.39 is 27.5 Å². The van der Waals surface area contributed by atoms with E-state index in [1.165, 1.54) is 47.4 Å². The van der Waals surface area contributed by atoms with Gasteiger partial charge < -0.3 is 15.4 Å². The molecule has 11 nitrogen and oxygen atoms in total. The van der Waals surface area contributed by atoms with Crippen molar-refractivity contribution < 1.29 is 31.1 Å². The number of carbonyl (C=O) groups excluding carboxylic acids is 1. The first-order valence-corrected chi connectivity index (χ1v) is 16.5. The van der Waals surface area contributed by atoms with E-state index in [0.29, 0.717) is 18.3 Å². The molecule has 3 aromatic heterocycles. The van der Waals surface area contributed by atoms with Crippen molar-refractivity contribution in [1.82, 2.24) is 29.8 Å². The Bertz CT molecular complexity index is 1640. The van der Waals surface area contributed by atoms with Crippen molar-refractivity contribution in [2.45, 2.75) is 69.0 Å². The third-order valence-electron chi connectivity index (χ3n) is 8.20. The zero-order valence-electron chi connectivity index (χ0n) is 24.8. The molecular formula is C29H35ClF3N7O4S. The van der Waals surface area contributed by atoms with E-state index in [-0.39, 0.29) is 58.7 Å². The third kappa shape index (κ3) is 8.05. The average molecular weight is 670 g/mol. The van der Waals surface area contributed by atoms with E-state index in [1.54, 1.807) is 0 Å². The Morgan fingerprint density at radius 2 is 2.00 bits per heavy atom. The lowest BCUT2D eigenvalue weighted by atomic mass is 9.94. The highest BCUT2D eigenvalue weighted by Gasteiger charge is 2.62. The quantitative estimate of drug-likeness (QED) is 0.167. The number of rotatable bonds is 13. The van der Waals surface area contributed by atoms with Gasteiger partial charge in [0.1, 0.15) is 11.0 Å². The van der Waals surface area contributed by atoms with E-state index >= 15 is 0 Å². The van der Waals surface area contributed by atoms with Gasteiger partial charge in [-0.2, -0.15) is 13.2 Å². The fraction of sp³-hybridized carbons (Fsp3) is 0.517. The van der Waals surface area contributed by atoms with Crippen LogP contribution < -0.4 is 20.1 Å². The lowest BCUT2D eigenvalue weighted by molar-refractivity contribution is -0.190. The van der Waals surface area contributed by atoms with Crippen LogP contribution in [0.3, 0.4) is 0 Å². The van der Waals surface area contributed by atoms with Crippen LogP contribution in [0.5, 0.6) is 5.88 Å². The molecule has 1 saturated carbocycles. The van der Waals surface area contributed by atoms with Crippen LogP contribution in [-0.4, -0.2) is 65.5 Å². The maximum atomic E-state index is 13.1. The zero-order chi connectivity index (χ0) is 32.5. The summed E-state index contributed by atoms with van der Waals surface area (Å²) in [5, 5.41) is 10.5. The number of carbonyl (C=O) groups is 1. The smallest absolute Gasteiger partial charge is 0.394 e. The summed E-state index contributed by atoms with van der Waals surface area (Å²) in [6, 6.07) is 6.77. The fourth-order valence-corrected chi connectivity index (χ4v) is 6.63. The number of nitrogens with one attached hydrogen (secondary N) is 3. The monoisotopic (exact) mass is 669 g/mol. The second kappa shape index (κ2) is 12.8. The summed E-state index contributed by atoms with van der Waals surface area (Å²) < 4.78 is 74.0. The summed E-state index contributed by atoms with van der Waals surface area (Å²) >= 11 is 6.23. The highest BCUT2D eigenvalue weighted by atomic mass is 35.5. The third-order valence-corrected chi connectivity index (χ3v) is 9.81. The van der Waals surface area contributed by atoms with Crippen LogP contribution in [0.2, 0.25) is 5.15 Å². The molecule has 16 heteroatoms. The number of alkyl halides is 3. The summed E-state index contributed by atoms with van der Waals surface area (Å²) in [4.78, 5) is 21.0. The van der Waals surface area contributed by atoms with Gasteiger partial charge in [0.2, 0.25) is 5.88 Å². The zero-order valence-corrected chi connectivity index (χ0v) is 26.4. The van der Waals surface area contributed by atoms with Crippen molar-refractivity contribution in [3.8, 4) is 11.7 Å². The van der Waals surface area contributed by atoms with Crippen LogP contribution in [0, 0.1) is 11.3 Å². The lowest BCUT2D eigenvalue weighted by Gasteiger charge is -2.18. The Hall–Kier alpha value is -3.43. The molecule has 2 aliphatic rings. The molecule has 5 rings (SSSR count). The van der Waals surface area contributed by atoms with Gasteiger partial charge in [-0.25, -0.2) is 27.8 Å². The fourth-order valence-electron chi connectivity index (χ4n) is 5.42. The molecule has 1 aliphatic heterocycles. The van der Waals surface area contributed by atoms with Gasteiger partial charge in [0.05, 0.1) is 22.5 Å². The molecule has 3 N–H and O–H groups in total. The molecule has 1 amide bonds. The molecule has 0 aromatic carbocycles. The van der Waals surface area contributed by atoms with Gasteiger partial charge in [-0.1, -0.05) is 11.6 Å². The predicted molar refractivity (Wildman–Crippen MR) is 161 cm³/mol. The number of amides is 1. The predicted octanol–water partition coefficient (Wildman–Crippen LogP) is 5.13. The Kier molecular flexibility index (Phi) is 9.34. The number of halogens is 4. The summed E-state index contributed by atoms with van der Waals surface area (Å²) in [6.07, 6.45) is 1.62. The van der Waals surface area contributed by atoms with Crippen LogP contribution in [0.15, 0.2) is 47.6 Å². The number of hydrogen-bond donors (Lipinski definition) is 3. The number of anilines is 1. The van der Waals surface area contributed by atoms with Crippen molar-refractivity contribution in [1.29, 1.82) is 0 Å². The molecule has 1 aliphatic carbocycles. The number of pyridine rings is 2. The SMILES string of the molecule is CC1(C)CC(CCCNc2cc(S(=O)(=O)NC(=O)c3ccc(-n4ccc(OCCC5(C(F)(F)F)CC5)n4)nc3Cl)ccn2)CN1. The molecule has 0 bridgehead atoms. The van der Waals surface area contributed by atoms with Gasteiger partial charge in [-0.15, -0.1) is 5.10 Å². The van der Waals surface area contributed by atoms with Gasteiger partial charge in [0, 0.05) is 36.6 Å². The standard InChI is InChI=1S/C29H35ClF3N7O4S/c1-27(2)17-19(18-36-27)4-3-12-34-22-16-20(7-13-35-22)45(42,43)39-26(41)21-5-6-23(37-25(21)30)40-14-8-24(38-40)44-15-11-28(9-10-28)29(31,32)33/h5-8,13-14,16,19,36H,3-4,9-12,15,17-18H2,1-2H3,(H,34,35)(H,39,41). The molecule has 1 unspecified atom stereocenters. The molecule has 0 radical (unpaired) electrons. The Balaban J connectivity index is 1.14. The van der Waals surface area contributed by atoms with E-state index in [1.807, 2.05) is 4.72 Å². The van der Waals surface area contributed by atoms with Gasteiger partial charge in [-0.3, -0.25) is 4.79 Å². The summed E-state index contributed by atoms with van der Waals surface area (Å²) in [5.41, 5.74) is -1.71. The van der Waals surface area contributed by atoms with Crippen LogP contribution in [0.1, 0.15) is 62.7 Å². The molecule has 1 saturated heterocycles. The Morgan fingerprint density at radius 3 is 2.67 bits per heavy atom. The molecule has 45 heavy (non-hydrogen) atoms. The average Bonchev–Trinajstić information content (AvgIpc) is 3.49. The first-order valence-electron chi connectivity index (χ1n) is 14.6. The Labute approximate surface area is 264 Å². The summed E-state index contributed by atoms with van der Waals surface area (Å²) in [6.45, 7) is 5.83. The highest BCUT2D eigenvalue weighted by molar-refractivity contribution is 7.90. The van der Waals surface area contributed by atoms with Crippen molar-refractivity contribution >= 4 is 33.3 Å².